The van der Waals surface area contributed by atoms with E-state index in [1.165, 1.54) is 22.6 Å². The van der Waals surface area contributed by atoms with E-state index < -0.39 is 47.2 Å². The summed E-state index contributed by atoms with van der Waals surface area (Å²) in [6.45, 7) is 5.13. The predicted molar refractivity (Wildman–Crippen MR) is 219 cm³/mol. The van der Waals surface area contributed by atoms with Gasteiger partial charge in [-0.05, 0) is 71.1 Å². The molecule has 0 spiro atoms. The number of carbonyl (C=O) groups excluding carboxylic acids is 1. The van der Waals surface area contributed by atoms with Crippen LogP contribution in [0.1, 0.15) is 36.6 Å². The third-order valence-electron chi connectivity index (χ3n) is 9.32. The fraction of sp³-hybridized carbons (Fsp3) is 0.357. The molecule has 1 saturated heterocycles. The standard InChI is InChI=1S/C42H42Cl3F3N4O5S/c1-25(2)18-51(3)37(53)24-58-42-41(56-22-28-8-14-32(45)15-9-28)39(52-19-35(49-50-52)29-16-33(46)38(48)34(47)17-29)40(55-21-27-6-12-31(44)13-7-27)36(57-42)23-54-20-26-4-10-30(43)11-5-26/h4-17,19,25,36,39-42H,18,20-24H2,1-3H3/t36-,39+,40+,41-,42+/m1/s1. The molecule has 58 heavy (non-hydrogen) atoms. The highest BCUT2D eigenvalue weighted by molar-refractivity contribution is 8.00. The van der Waals surface area contributed by atoms with E-state index in [-0.39, 0.29) is 55.3 Å². The lowest BCUT2D eigenvalue weighted by molar-refractivity contribution is -0.217. The highest BCUT2D eigenvalue weighted by Crippen LogP contribution is 2.40. The van der Waals surface area contributed by atoms with Gasteiger partial charge in [0, 0.05) is 34.2 Å². The predicted octanol–water partition coefficient (Wildman–Crippen LogP) is 9.82. The van der Waals surface area contributed by atoms with Crippen LogP contribution >= 0.6 is 46.6 Å². The molecule has 5 atom stereocenters. The lowest BCUT2D eigenvalue weighted by Gasteiger charge is -2.46. The highest BCUT2D eigenvalue weighted by Gasteiger charge is 2.49. The Hall–Kier alpha value is -3.66. The quantitative estimate of drug-likeness (QED) is 0.0854. The maximum absolute atomic E-state index is 14.4. The van der Waals surface area contributed by atoms with Gasteiger partial charge in [-0.2, -0.15) is 0 Å². The van der Waals surface area contributed by atoms with Crippen molar-refractivity contribution >= 4 is 52.5 Å². The summed E-state index contributed by atoms with van der Waals surface area (Å²) in [5.41, 5.74) is 1.75. The van der Waals surface area contributed by atoms with E-state index in [9.17, 15) is 18.0 Å². The topological polar surface area (TPSA) is 87.9 Å². The van der Waals surface area contributed by atoms with E-state index in [4.69, 9.17) is 53.8 Å². The summed E-state index contributed by atoms with van der Waals surface area (Å²) >= 11 is 19.8. The van der Waals surface area contributed by atoms with Crippen molar-refractivity contribution in [2.45, 2.75) is 63.5 Å². The summed E-state index contributed by atoms with van der Waals surface area (Å²) in [7, 11) is 1.76. The molecule has 5 aromatic rings. The van der Waals surface area contributed by atoms with Crippen LogP contribution in [0.4, 0.5) is 13.2 Å². The van der Waals surface area contributed by atoms with Crippen molar-refractivity contribution in [3.8, 4) is 11.3 Å². The summed E-state index contributed by atoms with van der Waals surface area (Å²) in [6, 6.07) is 22.5. The van der Waals surface area contributed by atoms with Crippen LogP contribution in [0, 0.1) is 23.4 Å². The Morgan fingerprint density at radius 3 is 1.88 bits per heavy atom. The zero-order valence-electron chi connectivity index (χ0n) is 31.9. The molecule has 1 aliphatic rings. The first-order valence-corrected chi connectivity index (χ1v) is 20.6. The zero-order chi connectivity index (χ0) is 41.3. The second-order valence-electron chi connectivity index (χ2n) is 14.3. The molecule has 1 aromatic heterocycles. The molecule has 0 bridgehead atoms. The zero-order valence-corrected chi connectivity index (χ0v) is 35.0. The number of amides is 1. The van der Waals surface area contributed by atoms with Crippen LogP contribution in [0.5, 0.6) is 0 Å². The molecule has 0 unspecified atom stereocenters. The van der Waals surface area contributed by atoms with Crippen molar-refractivity contribution in [1.29, 1.82) is 0 Å². The van der Waals surface area contributed by atoms with Gasteiger partial charge in [0.05, 0.1) is 38.4 Å². The minimum atomic E-state index is -1.60. The largest absolute Gasteiger partial charge is 0.374 e. The molecular formula is C42H42Cl3F3N4O5S. The van der Waals surface area contributed by atoms with Gasteiger partial charge in [0.25, 0.3) is 0 Å². The molecule has 0 aliphatic carbocycles. The fourth-order valence-corrected chi connectivity index (χ4v) is 7.99. The molecule has 1 aliphatic heterocycles. The number of ether oxygens (including phenoxy) is 4. The van der Waals surface area contributed by atoms with Crippen LogP contribution in [0.25, 0.3) is 11.3 Å². The third kappa shape index (κ3) is 11.8. The Balaban J connectivity index is 1.40. The van der Waals surface area contributed by atoms with E-state index in [0.717, 1.165) is 28.8 Å². The molecule has 308 valence electrons. The van der Waals surface area contributed by atoms with E-state index in [2.05, 4.69) is 10.3 Å². The lowest BCUT2D eigenvalue weighted by Crippen LogP contribution is -2.57. The number of carbonyl (C=O) groups is 1. The number of halogens is 6. The first-order valence-electron chi connectivity index (χ1n) is 18.5. The molecule has 0 saturated carbocycles. The van der Waals surface area contributed by atoms with Crippen LogP contribution in [0.15, 0.2) is 91.1 Å². The van der Waals surface area contributed by atoms with Crippen molar-refractivity contribution in [2.24, 2.45) is 5.92 Å². The molecule has 1 amide bonds. The number of thioether (sulfide) groups is 1. The molecule has 4 aromatic carbocycles. The molecule has 0 N–H and O–H groups in total. The average Bonchev–Trinajstić information content (AvgIpc) is 3.69. The van der Waals surface area contributed by atoms with Crippen molar-refractivity contribution in [3.05, 3.63) is 140 Å². The Kier molecular flexibility index (Phi) is 15.6. The van der Waals surface area contributed by atoms with Crippen LogP contribution in [0.3, 0.4) is 0 Å². The van der Waals surface area contributed by atoms with E-state index in [1.54, 1.807) is 48.3 Å². The Morgan fingerprint density at radius 1 is 0.828 bits per heavy atom. The molecule has 16 heteroatoms. The van der Waals surface area contributed by atoms with Gasteiger partial charge in [-0.15, -0.1) is 16.9 Å². The maximum atomic E-state index is 14.4. The minimum absolute atomic E-state index is 0.0282. The smallest absolute Gasteiger partial charge is 0.232 e. The van der Waals surface area contributed by atoms with Gasteiger partial charge in [0.2, 0.25) is 5.91 Å². The van der Waals surface area contributed by atoms with Gasteiger partial charge in [0.1, 0.15) is 35.5 Å². The van der Waals surface area contributed by atoms with Gasteiger partial charge >= 0.3 is 0 Å². The summed E-state index contributed by atoms with van der Waals surface area (Å²) in [4.78, 5) is 15.1. The molecule has 0 radical (unpaired) electrons. The number of hydrogen-bond acceptors (Lipinski definition) is 8. The van der Waals surface area contributed by atoms with Gasteiger partial charge in [-0.1, -0.05) is 90.3 Å². The molecular weight excluding hydrogens is 836 g/mol. The average molecular weight is 878 g/mol. The molecule has 9 nitrogen and oxygen atoms in total. The number of benzene rings is 4. The number of hydrogen-bond donors (Lipinski definition) is 0. The summed E-state index contributed by atoms with van der Waals surface area (Å²) in [6.07, 6.45) is -0.977. The van der Waals surface area contributed by atoms with E-state index in [0.29, 0.717) is 21.6 Å². The molecule has 6 rings (SSSR count). The van der Waals surface area contributed by atoms with Crippen molar-refractivity contribution in [2.75, 3.05) is 26.0 Å². The Labute approximate surface area is 354 Å². The lowest BCUT2D eigenvalue weighted by atomic mass is 9.96. The first-order chi connectivity index (χ1) is 27.8. The fourth-order valence-electron chi connectivity index (χ4n) is 6.44. The highest BCUT2D eigenvalue weighted by atomic mass is 35.5. The summed E-state index contributed by atoms with van der Waals surface area (Å²) in [5.74, 6) is -4.12. The van der Waals surface area contributed by atoms with Gasteiger partial charge in [-0.25, -0.2) is 17.9 Å². The van der Waals surface area contributed by atoms with Crippen LogP contribution < -0.4 is 0 Å². The summed E-state index contributed by atoms with van der Waals surface area (Å²) < 4.78 is 70.9. The number of aromatic nitrogens is 3. The third-order valence-corrected chi connectivity index (χ3v) is 11.2. The minimum Gasteiger partial charge on any atom is -0.374 e. The molecule has 1 fully saturated rings. The van der Waals surface area contributed by atoms with Gasteiger partial charge < -0.3 is 23.8 Å². The van der Waals surface area contributed by atoms with E-state index >= 15 is 0 Å². The first kappa shape index (κ1) is 43.9. The van der Waals surface area contributed by atoms with E-state index in [1.807, 2.05) is 50.2 Å². The maximum Gasteiger partial charge on any atom is 0.232 e. The monoisotopic (exact) mass is 876 g/mol. The van der Waals surface area contributed by atoms with Crippen LogP contribution in [0.2, 0.25) is 15.1 Å². The SMILES string of the molecule is CC(C)CN(C)C(=O)CS[C@@H]1O[C@H](COCc2ccc(Cl)cc2)[C@H](OCc2ccc(Cl)cc2)[C@H](n2cc(-c3cc(F)c(F)c(F)c3)nn2)[C@H]1OCc1ccc(Cl)cc1. The van der Waals surface area contributed by atoms with Crippen molar-refractivity contribution in [1.82, 2.24) is 19.9 Å². The Morgan fingerprint density at radius 2 is 1.34 bits per heavy atom. The number of rotatable bonds is 17. The van der Waals surface area contributed by atoms with Gasteiger partial charge in [-0.3, -0.25) is 4.79 Å². The molecule has 2 heterocycles. The second-order valence-corrected chi connectivity index (χ2v) is 16.7. The van der Waals surface area contributed by atoms with Crippen LogP contribution in [-0.2, 0) is 43.6 Å². The van der Waals surface area contributed by atoms with Gasteiger partial charge in [0.15, 0.2) is 17.5 Å². The van der Waals surface area contributed by atoms with Crippen LogP contribution in [-0.4, -0.2) is 75.5 Å². The summed E-state index contributed by atoms with van der Waals surface area (Å²) in [5, 5.41) is 10.4. The second kappa shape index (κ2) is 20.5. The van der Waals surface area contributed by atoms with Crippen molar-refractivity contribution < 1.29 is 36.9 Å². The number of nitrogens with zero attached hydrogens (tertiary/aromatic N) is 4. The van der Waals surface area contributed by atoms with Crippen molar-refractivity contribution in [3.63, 3.8) is 0 Å². The normalized spacial score (nSPS) is 19.4. The Bertz CT molecular complexity index is 2090.